The zero-order valence-electron chi connectivity index (χ0n) is 16.8. The van der Waals surface area contributed by atoms with Crippen LogP contribution in [-0.4, -0.2) is 30.9 Å². The molecule has 0 aliphatic carbocycles. The Hall–Kier alpha value is -4.40. The van der Waals surface area contributed by atoms with E-state index in [1.165, 1.54) is 24.3 Å². The van der Waals surface area contributed by atoms with Crippen LogP contribution < -0.4 is 25.6 Å². The molecule has 3 aromatic carbocycles. The second-order valence-electron chi connectivity index (χ2n) is 6.46. The van der Waals surface area contributed by atoms with E-state index in [1.54, 1.807) is 24.3 Å². The van der Waals surface area contributed by atoms with Crippen LogP contribution >= 0.6 is 0 Å². The van der Waals surface area contributed by atoms with Crippen LogP contribution in [0.1, 0.15) is 10.4 Å². The third-order valence-electron chi connectivity index (χ3n) is 4.03. The molecule has 3 amide bonds. The van der Waals surface area contributed by atoms with Gasteiger partial charge in [-0.05, 0) is 60.7 Å². The van der Waals surface area contributed by atoms with E-state index in [-0.39, 0.29) is 13.2 Å². The largest absolute Gasteiger partial charge is 0.484 e. The van der Waals surface area contributed by atoms with Crippen molar-refractivity contribution in [2.75, 3.05) is 13.2 Å². The molecule has 0 saturated heterocycles. The molecule has 3 N–H and O–H groups in total. The molecule has 0 spiro atoms. The Morgan fingerprint density at radius 1 is 0.719 bits per heavy atom. The molecule has 3 aromatic rings. The highest BCUT2D eigenvalue weighted by Crippen LogP contribution is 2.21. The molecule has 0 bridgehead atoms. The summed E-state index contributed by atoms with van der Waals surface area (Å²) in [4.78, 5) is 35.7. The van der Waals surface area contributed by atoms with Crippen LogP contribution in [0.4, 0.5) is 4.39 Å². The second kappa shape index (κ2) is 11.1. The lowest BCUT2D eigenvalue weighted by molar-refractivity contribution is -0.129. The summed E-state index contributed by atoms with van der Waals surface area (Å²) in [5.41, 5.74) is 4.65. The van der Waals surface area contributed by atoms with Crippen molar-refractivity contribution in [1.82, 2.24) is 16.2 Å². The van der Waals surface area contributed by atoms with Crippen LogP contribution in [-0.2, 0) is 9.59 Å². The maximum absolute atomic E-state index is 12.8. The number of benzene rings is 3. The van der Waals surface area contributed by atoms with Gasteiger partial charge >= 0.3 is 0 Å². The zero-order valence-corrected chi connectivity index (χ0v) is 16.8. The number of amides is 3. The zero-order chi connectivity index (χ0) is 22.8. The lowest BCUT2D eigenvalue weighted by atomic mass is 10.2. The van der Waals surface area contributed by atoms with E-state index in [0.29, 0.717) is 22.8 Å². The number of ether oxygens (including phenoxy) is 2. The van der Waals surface area contributed by atoms with Crippen molar-refractivity contribution in [3.8, 4) is 17.2 Å². The maximum atomic E-state index is 12.8. The summed E-state index contributed by atoms with van der Waals surface area (Å²) in [6, 6.07) is 20.8. The van der Waals surface area contributed by atoms with Gasteiger partial charge in [-0.1, -0.05) is 18.2 Å². The average molecular weight is 437 g/mol. The minimum atomic E-state index is -0.627. The van der Waals surface area contributed by atoms with E-state index in [2.05, 4.69) is 16.2 Å². The molecule has 0 saturated carbocycles. The highest BCUT2D eigenvalue weighted by molar-refractivity contribution is 5.96. The Morgan fingerprint density at radius 3 is 2.00 bits per heavy atom. The van der Waals surface area contributed by atoms with E-state index >= 15 is 0 Å². The van der Waals surface area contributed by atoms with Gasteiger partial charge in [0.15, 0.2) is 6.61 Å². The number of halogens is 1. The second-order valence-corrected chi connectivity index (χ2v) is 6.46. The standard InChI is InChI=1S/C23H20FN3O5/c24-17-8-12-18(13-9-17)31-15-22(29)27-26-21(28)14-25-23(30)16-6-10-20(11-7-16)32-19-4-2-1-3-5-19/h1-13H,14-15H2,(H,25,30)(H,26,28)(H,27,29). The topological polar surface area (TPSA) is 106 Å². The molecule has 164 valence electrons. The van der Waals surface area contributed by atoms with Crippen molar-refractivity contribution >= 4 is 17.7 Å². The molecule has 32 heavy (non-hydrogen) atoms. The molecule has 8 nitrogen and oxygen atoms in total. The van der Waals surface area contributed by atoms with Gasteiger partial charge in [0.25, 0.3) is 17.7 Å². The van der Waals surface area contributed by atoms with Crippen LogP contribution in [0.3, 0.4) is 0 Å². The lowest BCUT2D eigenvalue weighted by Gasteiger charge is -2.10. The Balaban J connectivity index is 1.36. The fourth-order valence-corrected chi connectivity index (χ4v) is 2.46. The molecule has 9 heteroatoms. The molecule has 3 rings (SSSR count). The summed E-state index contributed by atoms with van der Waals surface area (Å²) < 4.78 is 23.6. The number of carbonyl (C=O) groups excluding carboxylic acids is 3. The molecule has 0 unspecified atom stereocenters. The SMILES string of the molecule is O=C(CNC(=O)c1ccc(Oc2ccccc2)cc1)NNC(=O)COc1ccc(F)cc1. The van der Waals surface area contributed by atoms with Gasteiger partial charge in [-0.3, -0.25) is 25.2 Å². The van der Waals surface area contributed by atoms with Crippen LogP contribution in [0.25, 0.3) is 0 Å². The lowest BCUT2D eigenvalue weighted by Crippen LogP contribution is -2.47. The van der Waals surface area contributed by atoms with Gasteiger partial charge in [-0.2, -0.15) is 0 Å². The molecule has 0 aliphatic rings. The van der Waals surface area contributed by atoms with Gasteiger partial charge in [-0.25, -0.2) is 4.39 Å². The monoisotopic (exact) mass is 437 g/mol. The predicted molar refractivity (Wildman–Crippen MR) is 113 cm³/mol. The molecule has 0 fully saturated rings. The Bertz CT molecular complexity index is 1060. The van der Waals surface area contributed by atoms with Gasteiger partial charge in [0.2, 0.25) is 0 Å². The molecule has 0 radical (unpaired) electrons. The van der Waals surface area contributed by atoms with Gasteiger partial charge in [0.05, 0.1) is 6.54 Å². The van der Waals surface area contributed by atoms with Crippen LogP contribution in [0, 0.1) is 5.82 Å². The van der Waals surface area contributed by atoms with Gasteiger partial charge in [-0.15, -0.1) is 0 Å². The minimum Gasteiger partial charge on any atom is -0.484 e. The maximum Gasteiger partial charge on any atom is 0.276 e. The third kappa shape index (κ3) is 7.13. The highest BCUT2D eigenvalue weighted by Gasteiger charge is 2.10. The Morgan fingerprint density at radius 2 is 1.31 bits per heavy atom. The number of hydrogen-bond acceptors (Lipinski definition) is 5. The summed E-state index contributed by atoms with van der Waals surface area (Å²) in [5.74, 6) is -0.589. The number of nitrogens with one attached hydrogen (secondary N) is 3. The first kappa shape index (κ1) is 22.3. The van der Waals surface area contributed by atoms with Gasteiger partial charge in [0, 0.05) is 5.56 Å². The summed E-state index contributed by atoms with van der Waals surface area (Å²) in [5, 5.41) is 2.44. The van der Waals surface area contributed by atoms with Crippen LogP contribution in [0.15, 0.2) is 78.9 Å². The molecule has 0 heterocycles. The number of rotatable bonds is 8. The van der Waals surface area contributed by atoms with E-state index < -0.39 is 23.5 Å². The third-order valence-corrected chi connectivity index (χ3v) is 4.03. The predicted octanol–water partition coefficient (Wildman–Crippen LogP) is 2.57. The molecule has 0 atom stereocenters. The smallest absolute Gasteiger partial charge is 0.276 e. The quantitative estimate of drug-likeness (QED) is 0.470. The summed E-state index contributed by atoms with van der Waals surface area (Å²) >= 11 is 0. The van der Waals surface area contributed by atoms with Gasteiger partial charge < -0.3 is 14.8 Å². The number of carbonyl (C=O) groups is 3. The van der Waals surface area contributed by atoms with Gasteiger partial charge in [0.1, 0.15) is 23.1 Å². The van der Waals surface area contributed by atoms with E-state index in [4.69, 9.17) is 9.47 Å². The van der Waals surface area contributed by atoms with E-state index in [9.17, 15) is 18.8 Å². The summed E-state index contributed by atoms with van der Waals surface area (Å²) in [7, 11) is 0. The highest BCUT2D eigenvalue weighted by atomic mass is 19.1. The first-order chi connectivity index (χ1) is 15.5. The average Bonchev–Trinajstić information content (AvgIpc) is 2.82. The van der Waals surface area contributed by atoms with Crippen molar-refractivity contribution < 1.29 is 28.2 Å². The minimum absolute atomic E-state index is 0.306. The number of hydrogen-bond donors (Lipinski definition) is 3. The van der Waals surface area contributed by atoms with Crippen molar-refractivity contribution in [1.29, 1.82) is 0 Å². The molecular weight excluding hydrogens is 417 g/mol. The summed E-state index contributed by atoms with van der Waals surface area (Å²) in [6.07, 6.45) is 0. The summed E-state index contributed by atoms with van der Waals surface area (Å²) in [6.45, 7) is -0.726. The molecule has 0 aliphatic heterocycles. The van der Waals surface area contributed by atoms with E-state index in [1.807, 2.05) is 30.3 Å². The van der Waals surface area contributed by atoms with E-state index in [0.717, 1.165) is 0 Å². The van der Waals surface area contributed by atoms with Crippen molar-refractivity contribution in [3.05, 3.63) is 90.2 Å². The fraction of sp³-hybridized carbons (Fsp3) is 0.0870. The Labute approximate surface area is 183 Å². The van der Waals surface area contributed by atoms with Crippen LogP contribution in [0.2, 0.25) is 0 Å². The van der Waals surface area contributed by atoms with Crippen molar-refractivity contribution in [2.45, 2.75) is 0 Å². The van der Waals surface area contributed by atoms with Crippen molar-refractivity contribution in [2.24, 2.45) is 0 Å². The first-order valence-electron chi connectivity index (χ1n) is 9.57. The number of para-hydroxylation sites is 1. The normalized spacial score (nSPS) is 10.0. The first-order valence-corrected chi connectivity index (χ1v) is 9.57. The molecular formula is C23H20FN3O5. The van der Waals surface area contributed by atoms with Crippen molar-refractivity contribution in [3.63, 3.8) is 0 Å². The number of hydrazine groups is 1. The van der Waals surface area contributed by atoms with Crippen LogP contribution in [0.5, 0.6) is 17.2 Å². The molecule has 0 aromatic heterocycles. The fourth-order valence-electron chi connectivity index (χ4n) is 2.46. The Kier molecular flexibility index (Phi) is 7.74.